The van der Waals surface area contributed by atoms with Gasteiger partial charge in [0.25, 0.3) is 0 Å². The summed E-state index contributed by atoms with van der Waals surface area (Å²) in [6.07, 6.45) is 4.23. The molecule has 80 valence electrons. The van der Waals surface area contributed by atoms with Crippen LogP contribution in [0.15, 0.2) is 0 Å². The van der Waals surface area contributed by atoms with E-state index in [1.54, 1.807) is 7.11 Å². The van der Waals surface area contributed by atoms with E-state index in [9.17, 15) is 0 Å². The second kappa shape index (κ2) is 9.96. The monoisotopic (exact) mass is 189 g/mol. The molecule has 0 aliphatic carbocycles. The van der Waals surface area contributed by atoms with Crippen molar-refractivity contribution < 1.29 is 9.84 Å². The number of nitrogens with one attached hydrogen (secondary N) is 1. The Labute approximate surface area is 81.5 Å². The van der Waals surface area contributed by atoms with E-state index in [0.717, 1.165) is 32.5 Å². The molecule has 0 aromatic heterocycles. The van der Waals surface area contributed by atoms with Crippen molar-refractivity contribution in [2.45, 2.75) is 38.7 Å². The van der Waals surface area contributed by atoms with E-state index >= 15 is 0 Å². The zero-order chi connectivity index (χ0) is 9.94. The van der Waals surface area contributed by atoms with E-state index in [0.29, 0.717) is 0 Å². The molecule has 3 nitrogen and oxygen atoms in total. The van der Waals surface area contributed by atoms with Crippen LogP contribution in [-0.4, -0.2) is 38.0 Å². The fourth-order valence-corrected chi connectivity index (χ4v) is 1.11. The van der Waals surface area contributed by atoms with Gasteiger partial charge in [0.05, 0.1) is 6.10 Å². The van der Waals surface area contributed by atoms with Gasteiger partial charge in [-0.05, 0) is 45.7 Å². The summed E-state index contributed by atoms with van der Waals surface area (Å²) in [5, 5.41) is 12.3. The van der Waals surface area contributed by atoms with Crippen LogP contribution >= 0.6 is 0 Å². The highest BCUT2D eigenvalue weighted by Gasteiger charge is 1.94. The molecule has 0 saturated heterocycles. The van der Waals surface area contributed by atoms with Crippen LogP contribution in [-0.2, 0) is 4.74 Å². The molecule has 0 bridgehead atoms. The predicted octanol–water partition coefficient (Wildman–Crippen LogP) is 1.16. The molecule has 1 atom stereocenters. The first-order chi connectivity index (χ1) is 6.27. The predicted molar refractivity (Wildman–Crippen MR) is 54.9 cm³/mol. The first-order valence-corrected chi connectivity index (χ1v) is 5.15. The zero-order valence-corrected chi connectivity index (χ0v) is 8.88. The number of aliphatic hydroxyl groups is 1. The average molecular weight is 189 g/mol. The molecule has 0 aromatic rings. The van der Waals surface area contributed by atoms with Gasteiger partial charge >= 0.3 is 0 Å². The molecule has 0 saturated carbocycles. The summed E-state index contributed by atoms with van der Waals surface area (Å²) < 4.78 is 4.95. The third-order valence-corrected chi connectivity index (χ3v) is 1.94. The normalized spacial score (nSPS) is 13.2. The van der Waals surface area contributed by atoms with Crippen LogP contribution in [0.2, 0.25) is 0 Å². The molecule has 0 heterocycles. The Bertz CT molecular complexity index is 96.9. The molecule has 1 unspecified atom stereocenters. The molecule has 0 aromatic carbocycles. The van der Waals surface area contributed by atoms with Gasteiger partial charge < -0.3 is 15.2 Å². The molecular formula is C10H23NO2. The summed E-state index contributed by atoms with van der Waals surface area (Å²) in [6.45, 7) is 4.66. The van der Waals surface area contributed by atoms with Crippen LogP contribution in [0, 0.1) is 0 Å². The van der Waals surface area contributed by atoms with Crippen molar-refractivity contribution in [2.24, 2.45) is 0 Å². The second-order valence-corrected chi connectivity index (χ2v) is 3.44. The Morgan fingerprint density at radius 2 is 2.00 bits per heavy atom. The lowest BCUT2D eigenvalue weighted by molar-refractivity contribution is 0.183. The third-order valence-electron chi connectivity index (χ3n) is 1.94. The van der Waals surface area contributed by atoms with Gasteiger partial charge in [-0.3, -0.25) is 0 Å². The van der Waals surface area contributed by atoms with E-state index in [-0.39, 0.29) is 6.10 Å². The Morgan fingerprint density at radius 1 is 1.23 bits per heavy atom. The Hall–Kier alpha value is -0.120. The number of methoxy groups -OCH3 is 1. The van der Waals surface area contributed by atoms with Crippen molar-refractivity contribution >= 4 is 0 Å². The maximum absolute atomic E-state index is 8.97. The molecule has 0 aliphatic rings. The van der Waals surface area contributed by atoms with Gasteiger partial charge in [0.15, 0.2) is 0 Å². The highest BCUT2D eigenvalue weighted by atomic mass is 16.5. The van der Waals surface area contributed by atoms with Crippen molar-refractivity contribution in [3.8, 4) is 0 Å². The van der Waals surface area contributed by atoms with Gasteiger partial charge in [-0.2, -0.15) is 0 Å². The summed E-state index contributed by atoms with van der Waals surface area (Å²) in [5.74, 6) is 0. The lowest BCUT2D eigenvalue weighted by atomic mass is 10.2. The van der Waals surface area contributed by atoms with Crippen LogP contribution < -0.4 is 5.32 Å². The van der Waals surface area contributed by atoms with E-state index in [1.165, 1.54) is 12.8 Å². The summed E-state index contributed by atoms with van der Waals surface area (Å²) >= 11 is 0. The summed E-state index contributed by atoms with van der Waals surface area (Å²) in [6, 6.07) is 0. The summed E-state index contributed by atoms with van der Waals surface area (Å²) in [7, 11) is 1.74. The van der Waals surface area contributed by atoms with Crippen molar-refractivity contribution in [1.82, 2.24) is 5.32 Å². The first kappa shape index (κ1) is 12.9. The molecule has 0 radical (unpaired) electrons. The van der Waals surface area contributed by atoms with Crippen molar-refractivity contribution in [2.75, 3.05) is 26.8 Å². The van der Waals surface area contributed by atoms with Gasteiger partial charge in [0.2, 0.25) is 0 Å². The molecule has 0 rings (SSSR count). The van der Waals surface area contributed by atoms with Crippen LogP contribution in [0.25, 0.3) is 0 Å². The number of hydrogen-bond acceptors (Lipinski definition) is 3. The van der Waals surface area contributed by atoms with Crippen LogP contribution in [0.1, 0.15) is 32.6 Å². The van der Waals surface area contributed by atoms with E-state index in [4.69, 9.17) is 9.84 Å². The van der Waals surface area contributed by atoms with Crippen LogP contribution in [0.3, 0.4) is 0 Å². The number of hydrogen-bond donors (Lipinski definition) is 2. The second-order valence-electron chi connectivity index (χ2n) is 3.44. The highest BCUT2D eigenvalue weighted by Crippen LogP contribution is 1.94. The molecule has 0 amide bonds. The number of rotatable bonds is 9. The SMILES string of the molecule is COCCCCCNCCC(C)O. The minimum Gasteiger partial charge on any atom is -0.393 e. The van der Waals surface area contributed by atoms with Crippen molar-refractivity contribution in [3.63, 3.8) is 0 Å². The third kappa shape index (κ3) is 11.9. The minimum absolute atomic E-state index is 0.180. The van der Waals surface area contributed by atoms with Gasteiger partial charge in [0, 0.05) is 13.7 Å². The number of ether oxygens (including phenoxy) is 1. The molecule has 0 aliphatic heterocycles. The fourth-order valence-electron chi connectivity index (χ4n) is 1.11. The van der Waals surface area contributed by atoms with E-state index in [2.05, 4.69) is 5.32 Å². The Balaban J connectivity index is 2.84. The van der Waals surface area contributed by atoms with Gasteiger partial charge in [-0.15, -0.1) is 0 Å². The topological polar surface area (TPSA) is 41.5 Å². The Kier molecular flexibility index (Phi) is 9.87. The number of unbranched alkanes of at least 4 members (excludes halogenated alkanes) is 2. The quantitative estimate of drug-likeness (QED) is 0.535. The molecule has 0 spiro atoms. The fraction of sp³-hybridized carbons (Fsp3) is 1.00. The Morgan fingerprint density at radius 3 is 2.62 bits per heavy atom. The average Bonchev–Trinajstić information content (AvgIpc) is 2.09. The maximum atomic E-state index is 8.97. The smallest absolute Gasteiger partial charge is 0.0524 e. The first-order valence-electron chi connectivity index (χ1n) is 5.15. The number of aliphatic hydroxyl groups excluding tert-OH is 1. The standard InChI is InChI=1S/C10H23NO2/c1-10(12)6-8-11-7-4-3-5-9-13-2/h10-12H,3-9H2,1-2H3. The van der Waals surface area contributed by atoms with Gasteiger partial charge in [-0.25, -0.2) is 0 Å². The van der Waals surface area contributed by atoms with Gasteiger partial charge in [-0.1, -0.05) is 0 Å². The lowest BCUT2D eigenvalue weighted by Gasteiger charge is -2.05. The van der Waals surface area contributed by atoms with E-state index in [1.807, 2.05) is 6.92 Å². The van der Waals surface area contributed by atoms with Crippen LogP contribution in [0.5, 0.6) is 0 Å². The van der Waals surface area contributed by atoms with Crippen LogP contribution in [0.4, 0.5) is 0 Å². The summed E-state index contributed by atoms with van der Waals surface area (Å²) in [5.41, 5.74) is 0. The van der Waals surface area contributed by atoms with Crippen molar-refractivity contribution in [1.29, 1.82) is 0 Å². The molecule has 2 N–H and O–H groups in total. The molecule has 0 fully saturated rings. The maximum Gasteiger partial charge on any atom is 0.0524 e. The summed E-state index contributed by atoms with van der Waals surface area (Å²) in [4.78, 5) is 0. The lowest BCUT2D eigenvalue weighted by Crippen LogP contribution is -2.20. The van der Waals surface area contributed by atoms with Gasteiger partial charge in [0.1, 0.15) is 0 Å². The molecule has 13 heavy (non-hydrogen) atoms. The molecule has 3 heteroatoms. The largest absolute Gasteiger partial charge is 0.393 e. The minimum atomic E-state index is -0.180. The zero-order valence-electron chi connectivity index (χ0n) is 8.88. The highest BCUT2D eigenvalue weighted by molar-refractivity contribution is 4.52. The molecular weight excluding hydrogens is 166 g/mol. The van der Waals surface area contributed by atoms with Crippen molar-refractivity contribution in [3.05, 3.63) is 0 Å². The van der Waals surface area contributed by atoms with E-state index < -0.39 is 0 Å².